The largest absolute Gasteiger partial charge is 0.459 e. The number of carbonyl (C=O) groups excluding carboxylic acids is 1. The summed E-state index contributed by atoms with van der Waals surface area (Å²) in [6.45, 7) is 7.45. The minimum absolute atomic E-state index is 0.0198. The minimum atomic E-state index is -1.49. The Morgan fingerprint density at radius 3 is 2.29 bits per heavy atom. The predicted octanol–water partition coefficient (Wildman–Crippen LogP) is 12.8. The van der Waals surface area contributed by atoms with Crippen LogP contribution in [0.3, 0.4) is 0 Å². The number of amides is 1. The van der Waals surface area contributed by atoms with E-state index in [1.807, 2.05) is 97.9 Å². The van der Waals surface area contributed by atoms with Crippen LogP contribution in [0.1, 0.15) is 74.5 Å². The summed E-state index contributed by atoms with van der Waals surface area (Å²) < 4.78 is 33.7. The number of rotatable bonds is 24. The number of ether oxygens (including phenoxy) is 5. The molecule has 0 radical (unpaired) electrons. The van der Waals surface area contributed by atoms with Crippen LogP contribution in [0.15, 0.2) is 175 Å². The van der Waals surface area contributed by atoms with E-state index in [0.717, 1.165) is 69.8 Å². The normalized spacial score (nSPS) is 21.3. The number of benzene rings is 6. The zero-order chi connectivity index (χ0) is 50.4. The van der Waals surface area contributed by atoms with Gasteiger partial charge in [0.1, 0.15) is 36.5 Å². The maximum absolute atomic E-state index is 15.2. The number of aliphatic hydroxyl groups excluding tert-OH is 2. The molecule has 1 amide bonds. The van der Waals surface area contributed by atoms with Crippen molar-refractivity contribution in [3.63, 3.8) is 0 Å². The molecule has 6 aromatic carbocycles. The fourth-order valence-corrected chi connectivity index (χ4v) is 11.3. The van der Waals surface area contributed by atoms with E-state index in [-0.39, 0.29) is 63.8 Å². The Hall–Kier alpha value is -6.76. The van der Waals surface area contributed by atoms with Gasteiger partial charge in [0.05, 0.1) is 38.0 Å². The molecule has 2 aliphatic carbocycles. The molecule has 1 saturated carbocycles. The molecule has 0 spiro atoms. The molecular formula is C62H68N2O9. The quantitative estimate of drug-likeness (QED) is 0.0346. The van der Waals surface area contributed by atoms with Gasteiger partial charge in [0.2, 0.25) is 5.79 Å². The van der Waals surface area contributed by atoms with Crippen molar-refractivity contribution in [2.75, 3.05) is 39.6 Å². The van der Waals surface area contributed by atoms with Gasteiger partial charge in [-0.3, -0.25) is 4.90 Å². The van der Waals surface area contributed by atoms with Crippen molar-refractivity contribution in [3.8, 4) is 28.4 Å². The van der Waals surface area contributed by atoms with Crippen molar-refractivity contribution in [2.24, 2.45) is 22.9 Å². The molecule has 9 rings (SSSR count). The maximum atomic E-state index is 15.2. The van der Waals surface area contributed by atoms with Crippen molar-refractivity contribution in [1.82, 2.24) is 4.90 Å². The molecule has 1 heterocycles. The molecule has 0 bridgehead atoms. The molecule has 6 atom stereocenters. The molecule has 11 heteroatoms. The lowest BCUT2D eigenvalue weighted by Gasteiger charge is -2.59. The smallest absolute Gasteiger partial charge is 0.410 e. The van der Waals surface area contributed by atoms with Gasteiger partial charge >= 0.3 is 6.09 Å². The number of hydrogen-bond donors (Lipinski definition) is 2. The van der Waals surface area contributed by atoms with Crippen molar-refractivity contribution in [3.05, 3.63) is 187 Å². The van der Waals surface area contributed by atoms with Gasteiger partial charge in [-0.2, -0.15) is 0 Å². The van der Waals surface area contributed by atoms with Crippen LogP contribution in [0.2, 0.25) is 0 Å². The van der Waals surface area contributed by atoms with Gasteiger partial charge in [-0.05, 0) is 113 Å². The van der Waals surface area contributed by atoms with Gasteiger partial charge in [0, 0.05) is 31.1 Å². The Bertz CT molecular complexity index is 2810. The summed E-state index contributed by atoms with van der Waals surface area (Å²) in [7, 11) is 0. The molecule has 0 aromatic heterocycles. The molecule has 6 unspecified atom stereocenters. The van der Waals surface area contributed by atoms with E-state index >= 15 is 4.79 Å². The molecular weight excluding hydrogens is 917 g/mol. The monoisotopic (exact) mass is 984 g/mol. The van der Waals surface area contributed by atoms with Gasteiger partial charge < -0.3 is 38.7 Å². The fourth-order valence-electron chi connectivity index (χ4n) is 11.3. The van der Waals surface area contributed by atoms with Crippen molar-refractivity contribution < 1.29 is 43.5 Å². The third-order valence-corrected chi connectivity index (χ3v) is 14.5. The summed E-state index contributed by atoms with van der Waals surface area (Å²) >= 11 is 0. The van der Waals surface area contributed by atoms with E-state index in [0.29, 0.717) is 49.0 Å². The lowest BCUT2D eigenvalue weighted by molar-refractivity contribution is -0.256. The van der Waals surface area contributed by atoms with Gasteiger partial charge in [-0.1, -0.05) is 145 Å². The summed E-state index contributed by atoms with van der Waals surface area (Å²) in [6, 6.07) is 47.8. The molecule has 6 aromatic rings. The van der Waals surface area contributed by atoms with E-state index in [1.165, 1.54) is 0 Å². The molecule has 2 N–H and O–H groups in total. The molecule has 73 heavy (non-hydrogen) atoms. The first-order chi connectivity index (χ1) is 35.9. The number of aliphatic hydroxyl groups is 2. The highest BCUT2D eigenvalue weighted by Crippen LogP contribution is 2.62. The zero-order valence-electron chi connectivity index (χ0n) is 41.9. The predicted molar refractivity (Wildman–Crippen MR) is 285 cm³/mol. The summed E-state index contributed by atoms with van der Waals surface area (Å²) in [6.07, 6.45) is 8.32. The standard InChI is InChI=1S/C62H68N2O9/c1-3-36-70-62-58(64(42-49-25-17-24-47-22-11-12-26-52(47)49)61(67)69-38-37-68-43-44-18-7-5-8-19-44)41-56(63-71-4-2)54-39-48(23-13-15-34-65)53(27-14-16-35-66)59(60(54)62)55-40-51(32-33-57(55)73-62)72-50-30-28-46(29-31-50)45-20-9-6-10-21-45/h3,5-12,17-22,24-26,28-33,39-40,48,53,58-60,65-66H,1,4,13-16,23,27,34-38,41-43H2,2H3. The molecule has 1 aliphatic heterocycles. The maximum Gasteiger partial charge on any atom is 0.410 e. The van der Waals surface area contributed by atoms with E-state index in [4.69, 9.17) is 33.7 Å². The lowest BCUT2D eigenvalue weighted by atomic mass is 9.55. The number of unbranched alkanes of at least 4 members (excludes halogenated alkanes) is 2. The van der Waals surface area contributed by atoms with Crippen LogP contribution in [0.4, 0.5) is 4.79 Å². The van der Waals surface area contributed by atoms with E-state index < -0.39 is 23.8 Å². The number of carbonyl (C=O) groups is 1. The third kappa shape index (κ3) is 11.7. The minimum Gasteiger partial charge on any atom is -0.459 e. The number of hydrogen-bond acceptors (Lipinski definition) is 10. The van der Waals surface area contributed by atoms with Crippen molar-refractivity contribution >= 4 is 22.6 Å². The SMILES string of the molecule is C=CCOC12Oc3ccc(Oc4ccc(-c5ccccc5)cc4)cc3C3C(CCCCO)C(CCCCO)C=C(C(=NOCC)CC1N(Cc1cccc4ccccc14)C(=O)OCCOCc1ccccc1)C32. The second-order valence-corrected chi connectivity index (χ2v) is 19.1. The van der Waals surface area contributed by atoms with Crippen molar-refractivity contribution in [2.45, 2.75) is 82.8 Å². The van der Waals surface area contributed by atoms with Crippen molar-refractivity contribution in [1.29, 1.82) is 0 Å². The Balaban J connectivity index is 1.17. The molecule has 11 nitrogen and oxygen atoms in total. The first-order valence-electron chi connectivity index (χ1n) is 26.0. The Labute approximate surface area is 429 Å². The van der Waals surface area contributed by atoms with Crippen LogP contribution in [0, 0.1) is 17.8 Å². The fraction of sp³-hybridized carbons (Fsp3) is 0.355. The van der Waals surface area contributed by atoms with E-state index in [1.54, 1.807) is 11.0 Å². The van der Waals surface area contributed by atoms with E-state index in [9.17, 15) is 10.2 Å². The van der Waals surface area contributed by atoms with E-state index in [2.05, 4.69) is 67.3 Å². The second kappa shape index (κ2) is 24.8. The first kappa shape index (κ1) is 51.2. The summed E-state index contributed by atoms with van der Waals surface area (Å²) in [4.78, 5) is 23.0. The van der Waals surface area contributed by atoms with Crippen LogP contribution in [0.5, 0.6) is 17.2 Å². The Morgan fingerprint density at radius 2 is 1.52 bits per heavy atom. The van der Waals surface area contributed by atoms with Gasteiger partial charge in [0.25, 0.3) is 0 Å². The highest BCUT2D eigenvalue weighted by atomic mass is 16.7. The zero-order valence-corrected chi connectivity index (χ0v) is 41.9. The first-order valence-corrected chi connectivity index (χ1v) is 26.0. The van der Waals surface area contributed by atoms with Gasteiger partial charge in [0.15, 0.2) is 0 Å². The molecule has 0 saturated heterocycles. The lowest BCUT2D eigenvalue weighted by Crippen LogP contribution is -2.70. The summed E-state index contributed by atoms with van der Waals surface area (Å²) in [5.41, 5.74) is 6.79. The summed E-state index contributed by atoms with van der Waals surface area (Å²) in [5.74, 6) is -0.170. The number of fused-ring (bicyclic) bond motifs is 3. The Kier molecular flexibility index (Phi) is 17.4. The topological polar surface area (TPSA) is 129 Å². The van der Waals surface area contributed by atoms with Crippen LogP contribution in [-0.4, -0.2) is 78.4 Å². The molecule has 1 fully saturated rings. The Morgan fingerprint density at radius 1 is 0.808 bits per heavy atom. The molecule has 380 valence electrons. The van der Waals surface area contributed by atoms with Gasteiger partial charge in [-0.15, -0.1) is 6.58 Å². The number of oxime groups is 1. The number of nitrogens with zero attached hydrogens (tertiary/aromatic N) is 2. The van der Waals surface area contributed by atoms with Crippen LogP contribution in [-0.2, 0) is 32.2 Å². The molecule has 3 aliphatic rings. The average molecular weight is 985 g/mol. The average Bonchev–Trinajstić information content (AvgIpc) is 3.43. The number of allylic oxidation sites excluding steroid dienone is 1. The highest BCUT2D eigenvalue weighted by molar-refractivity contribution is 6.03. The summed E-state index contributed by atoms with van der Waals surface area (Å²) in [5, 5.41) is 27.1. The third-order valence-electron chi connectivity index (χ3n) is 14.5. The van der Waals surface area contributed by atoms with Crippen LogP contribution >= 0.6 is 0 Å². The van der Waals surface area contributed by atoms with Gasteiger partial charge in [-0.25, -0.2) is 4.79 Å². The van der Waals surface area contributed by atoms with Crippen LogP contribution in [0.25, 0.3) is 21.9 Å². The van der Waals surface area contributed by atoms with Crippen LogP contribution < -0.4 is 9.47 Å². The highest BCUT2D eigenvalue weighted by Gasteiger charge is 2.65. The second-order valence-electron chi connectivity index (χ2n) is 19.1.